The minimum atomic E-state index is -0.533. The number of amidine groups is 1. The fraction of sp³-hybridized carbons (Fsp3) is 0.0500. The van der Waals surface area contributed by atoms with Crippen LogP contribution in [0.15, 0.2) is 71.9 Å². The van der Waals surface area contributed by atoms with Gasteiger partial charge in [-0.15, -0.1) is 11.3 Å². The number of nitrogens with zero attached hydrogens (tertiary/aromatic N) is 2. The number of carbonyl (C=O) groups is 1. The summed E-state index contributed by atoms with van der Waals surface area (Å²) in [7, 11) is 0. The van der Waals surface area contributed by atoms with E-state index in [1.807, 2.05) is 60.7 Å². The Bertz CT molecular complexity index is 1100. The lowest BCUT2D eigenvalue weighted by atomic mass is 10.1. The van der Waals surface area contributed by atoms with E-state index < -0.39 is 5.97 Å². The summed E-state index contributed by atoms with van der Waals surface area (Å²) >= 11 is 1.55. The average Bonchev–Trinajstić information content (AvgIpc) is 3.07. The lowest BCUT2D eigenvalue weighted by molar-refractivity contribution is 0.0517. The van der Waals surface area contributed by atoms with Crippen LogP contribution in [0.5, 0.6) is 0 Å². The largest absolute Gasteiger partial charge is 0.384 e. The molecule has 26 heavy (non-hydrogen) atoms. The predicted molar refractivity (Wildman–Crippen MR) is 104 cm³/mol. The van der Waals surface area contributed by atoms with Crippen molar-refractivity contribution in [2.75, 3.05) is 0 Å². The summed E-state index contributed by atoms with van der Waals surface area (Å²) in [6, 6.07) is 20.9. The van der Waals surface area contributed by atoms with Crippen LogP contribution in [0.2, 0.25) is 0 Å². The van der Waals surface area contributed by atoms with Crippen molar-refractivity contribution in [1.29, 1.82) is 0 Å². The molecule has 0 amide bonds. The van der Waals surface area contributed by atoms with E-state index in [0.717, 1.165) is 26.0 Å². The van der Waals surface area contributed by atoms with Gasteiger partial charge in [0, 0.05) is 0 Å². The third-order valence-electron chi connectivity index (χ3n) is 3.93. The van der Waals surface area contributed by atoms with Crippen LogP contribution in [-0.4, -0.2) is 16.8 Å². The molecule has 0 fully saturated rings. The minimum Gasteiger partial charge on any atom is -0.384 e. The molecule has 0 spiro atoms. The lowest BCUT2D eigenvalue weighted by Gasteiger charge is -2.04. The molecule has 0 aliphatic heterocycles. The second kappa shape index (κ2) is 6.93. The molecule has 1 aromatic heterocycles. The summed E-state index contributed by atoms with van der Waals surface area (Å²) in [5, 5.41) is 6.40. The number of para-hydroxylation sites is 1. The van der Waals surface area contributed by atoms with Crippen molar-refractivity contribution in [3.05, 3.63) is 77.3 Å². The van der Waals surface area contributed by atoms with E-state index in [9.17, 15) is 4.79 Å². The van der Waals surface area contributed by atoms with E-state index in [-0.39, 0.29) is 5.84 Å². The molecule has 3 aromatic carbocycles. The van der Waals surface area contributed by atoms with Gasteiger partial charge in [0.25, 0.3) is 0 Å². The van der Waals surface area contributed by atoms with Gasteiger partial charge in [-0.05, 0) is 29.0 Å². The first-order chi connectivity index (χ1) is 12.7. The Hall–Kier alpha value is -3.25. The molecule has 4 aromatic rings. The average molecular weight is 361 g/mol. The van der Waals surface area contributed by atoms with Crippen LogP contribution < -0.4 is 5.73 Å². The molecule has 0 aliphatic carbocycles. The predicted octanol–water partition coefficient (Wildman–Crippen LogP) is 4.12. The van der Waals surface area contributed by atoms with E-state index in [1.165, 1.54) is 0 Å². The van der Waals surface area contributed by atoms with Crippen molar-refractivity contribution in [3.8, 4) is 0 Å². The number of hydrogen-bond donors (Lipinski definition) is 1. The maximum absolute atomic E-state index is 12.4. The van der Waals surface area contributed by atoms with Gasteiger partial charge >= 0.3 is 5.97 Å². The van der Waals surface area contributed by atoms with Crippen molar-refractivity contribution >= 4 is 44.1 Å². The Morgan fingerprint density at radius 2 is 1.81 bits per heavy atom. The van der Waals surface area contributed by atoms with E-state index in [1.54, 1.807) is 17.4 Å². The van der Waals surface area contributed by atoms with E-state index in [2.05, 4.69) is 10.1 Å². The molecule has 4 rings (SSSR count). The zero-order chi connectivity index (χ0) is 17.9. The molecule has 5 nitrogen and oxygen atoms in total. The van der Waals surface area contributed by atoms with Crippen LogP contribution in [0, 0.1) is 0 Å². The number of fused-ring (bicyclic) bond motifs is 2. The van der Waals surface area contributed by atoms with E-state index in [0.29, 0.717) is 12.0 Å². The van der Waals surface area contributed by atoms with Crippen molar-refractivity contribution < 1.29 is 9.63 Å². The molecule has 0 radical (unpaired) electrons. The van der Waals surface area contributed by atoms with Crippen LogP contribution in [0.3, 0.4) is 0 Å². The summed E-state index contributed by atoms with van der Waals surface area (Å²) in [6.45, 7) is 0. The molecule has 6 heteroatoms. The summed E-state index contributed by atoms with van der Waals surface area (Å²) in [6.07, 6.45) is 0.335. The molecule has 0 unspecified atom stereocenters. The summed E-state index contributed by atoms with van der Waals surface area (Å²) in [5.74, 6) is -0.327. The van der Waals surface area contributed by atoms with E-state index in [4.69, 9.17) is 10.6 Å². The zero-order valence-electron chi connectivity index (χ0n) is 13.8. The quantitative estimate of drug-likeness (QED) is 0.257. The Morgan fingerprint density at radius 3 is 2.69 bits per heavy atom. The first-order valence-electron chi connectivity index (χ1n) is 8.06. The SMILES string of the molecule is NC(Cc1nc2ccccc2s1)=NOC(=O)c1cccc2ccccc12. The van der Waals surface area contributed by atoms with E-state index >= 15 is 0 Å². The van der Waals surface area contributed by atoms with Gasteiger partial charge < -0.3 is 10.6 Å². The lowest BCUT2D eigenvalue weighted by Crippen LogP contribution is -2.16. The normalized spacial score (nSPS) is 11.8. The van der Waals surface area contributed by atoms with Crippen molar-refractivity contribution in [1.82, 2.24) is 4.98 Å². The molecule has 0 atom stereocenters. The molecule has 0 bridgehead atoms. The maximum atomic E-state index is 12.4. The number of hydrogen-bond acceptors (Lipinski definition) is 5. The molecule has 2 N–H and O–H groups in total. The van der Waals surface area contributed by atoms with Gasteiger partial charge in [0.1, 0.15) is 10.8 Å². The molecule has 128 valence electrons. The Balaban J connectivity index is 1.50. The third-order valence-corrected chi connectivity index (χ3v) is 4.96. The topological polar surface area (TPSA) is 77.6 Å². The van der Waals surface area contributed by atoms with Gasteiger partial charge in [0.2, 0.25) is 0 Å². The molecule has 0 saturated heterocycles. The first-order valence-corrected chi connectivity index (χ1v) is 8.88. The second-order valence-electron chi connectivity index (χ2n) is 5.74. The smallest absolute Gasteiger partial charge is 0.366 e. The van der Waals surface area contributed by atoms with Gasteiger partial charge in [-0.2, -0.15) is 0 Å². The summed E-state index contributed by atoms with van der Waals surface area (Å²) in [4.78, 5) is 21.9. The monoisotopic (exact) mass is 361 g/mol. The van der Waals surface area contributed by atoms with Gasteiger partial charge in [-0.25, -0.2) is 9.78 Å². The fourth-order valence-electron chi connectivity index (χ4n) is 2.74. The third kappa shape index (κ3) is 3.27. The van der Waals surface area contributed by atoms with Crippen LogP contribution >= 0.6 is 11.3 Å². The standard InChI is InChI=1S/C20H15N3O2S/c21-18(12-19-22-16-10-3-4-11-17(16)26-19)23-25-20(24)15-9-5-7-13-6-1-2-8-14(13)15/h1-11H,12H2,(H2,21,23). The molecular weight excluding hydrogens is 346 g/mol. The Morgan fingerprint density at radius 1 is 1.04 bits per heavy atom. The number of nitrogens with two attached hydrogens (primary N) is 1. The van der Waals surface area contributed by atoms with Crippen molar-refractivity contribution in [3.63, 3.8) is 0 Å². The molecular formula is C20H15N3O2S. The maximum Gasteiger partial charge on any atom is 0.366 e. The minimum absolute atomic E-state index is 0.206. The highest BCUT2D eigenvalue weighted by Crippen LogP contribution is 2.22. The number of oxime groups is 1. The van der Waals surface area contributed by atoms with Gasteiger partial charge in [-0.3, -0.25) is 0 Å². The number of thiazole rings is 1. The number of rotatable bonds is 4. The fourth-order valence-corrected chi connectivity index (χ4v) is 3.72. The van der Waals surface area contributed by atoms with Crippen LogP contribution in [0.25, 0.3) is 21.0 Å². The Labute approximate surface area is 153 Å². The van der Waals surface area contributed by atoms with Crippen molar-refractivity contribution in [2.24, 2.45) is 10.9 Å². The van der Waals surface area contributed by atoms with Gasteiger partial charge in [0.15, 0.2) is 0 Å². The second-order valence-corrected chi connectivity index (χ2v) is 6.86. The van der Waals surface area contributed by atoms with Crippen LogP contribution in [0.1, 0.15) is 15.4 Å². The summed E-state index contributed by atoms with van der Waals surface area (Å²) in [5.41, 5.74) is 7.29. The Kier molecular flexibility index (Phi) is 4.33. The van der Waals surface area contributed by atoms with Gasteiger partial charge in [0.05, 0.1) is 22.2 Å². The van der Waals surface area contributed by atoms with Crippen LogP contribution in [0.4, 0.5) is 0 Å². The number of carbonyl (C=O) groups excluding carboxylic acids is 1. The number of benzene rings is 3. The van der Waals surface area contributed by atoms with Gasteiger partial charge in [-0.1, -0.05) is 53.7 Å². The highest BCUT2D eigenvalue weighted by molar-refractivity contribution is 7.18. The highest BCUT2D eigenvalue weighted by atomic mass is 32.1. The molecule has 1 heterocycles. The summed E-state index contributed by atoms with van der Waals surface area (Å²) < 4.78 is 1.09. The molecule has 0 saturated carbocycles. The first kappa shape index (κ1) is 16.2. The highest BCUT2D eigenvalue weighted by Gasteiger charge is 2.12. The number of aromatic nitrogens is 1. The molecule has 0 aliphatic rings. The van der Waals surface area contributed by atoms with Crippen LogP contribution in [-0.2, 0) is 11.3 Å². The zero-order valence-corrected chi connectivity index (χ0v) is 14.6. The van der Waals surface area contributed by atoms with Crippen molar-refractivity contribution in [2.45, 2.75) is 6.42 Å².